The van der Waals surface area contributed by atoms with E-state index < -0.39 is 5.63 Å². The fourth-order valence-electron chi connectivity index (χ4n) is 3.57. The highest BCUT2D eigenvalue weighted by molar-refractivity contribution is 5.91. The SMILES string of the molecule is CCOc1ccc(N=Cc2cn(-c3ccccc3)nc2-c2cc3ccccc3oc2=O)cc1. The highest BCUT2D eigenvalue weighted by Gasteiger charge is 2.16. The summed E-state index contributed by atoms with van der Waals surface area (Å²) < 4.78 is 12.8. The summed E-state index contributed by atoms with van der Waals surface area (Å²) in [5.41, 5.74) is 3.34. The summed E-state index contributed by atoms with van der Waals surface area (Å²) in [5.74, 6) is 0.794. The lowest BCUT2D eigenvalue weighted by molar-refractivity contribution is 0.340. The van der Waals surface area contributed by atoms with Crippen LogP contribution in [-0.4, -0.2) is 22.6 Å². The van der Waals surface area contributed by atoms with Gasteiger partial charge in [0.05, 0.1) is 23.5 Å². The molecule has 0 aliphatic carbocycles. The number of ether oxygens (including phenoxy) is 1. The third-order valence-electron chi connectivity index (χ3n) is 5.16. The number of hydrogen-bond donors (Lipinski definition) is 0. The Morgan fingerprint density at radius 2 is 1.76 bits per heavy atom. The third-order valence-corrected chi connectivity index (χ3v) is 5.16. The lowest BCUT2D eigenvalue weighted by Crippen LogP contribution is -2.05. The second kappa shape index (κ2) is 8.96. The highest BCUT2D eigenvalue weighted by atomic mass is 16.5. The first kappa shape index (κ1) is 20.5. The molecule has 0 aliphatic rings. The first-order chi connectivity index (χ1) is 16.2. The Kier molecular flexibility index (Phi) is 5.55. The quantitative estimate of drug-likeness (QED) is 0.250. The topological polar surface area (TPSA) is 69.6 Å². The van der Waals surface area contributed by atoms with Crippen LogP contribution >= 0.6 is 0 Å². The molecular formula is C27H21N3O3. The van der Waals surface area contributed by atoms with E-state index in [0.29, 0.717) is 29.0 Å². The molecule has 3 aromatic carbocycles. The maximum absolute atomic E-state index is 12.8. The fraction of sp³-hybridized carbons (Fsp3) is 0.0741. The summed E-state index contributed by atoms with van der Waals surface area (Å²) in [6, 6.07) is 26.5. The van der Waals surface area contributed by atoms with Crippen LogP contribution in [0, 0.1) is 0 Å². The van der Waals surface area contributed by atoms with E-state index in [4.69, 9.17) is 14.3 Å². The zero-order valence-corrected chi connectivity index (χ0v) is 18.0. The lowest BCUT2D eigenvalue weighted by atomic mass is 10.1. The molecule has 0 amide bonds. The Balaban J connectivity index is 1.60. The van der Waals surface area contributed by atoms with Crippen LogP contribution in [0.4, 0.5) is 5.69 Å². The van der Waals surface area contributed by atoms with E-state index in [2.05, 4.69) is 4.99 Å². The van der Waals surface area contributed by atoms with Crippen molar-refractivity contribution in [3.05, 3.63) is 107 Å². The van der Waals surface area contributed by atoms with Gasteiger partial charge in [-0.25, -0.2) is 9.48 Å². The standard InChI is InChI=1S/C27H21N3O3/c1-2-32-23-14-12-21(13-15-23)28-17-20-18-30(22-9-4-3-5-10-22)29-26(20)24-16-19-8-6-7-11-25(19)33-27(24)31/h3-18H,2H2,1H3. The average Bonchev–Trinajstić information content (AvgIpc) is 3.28. The Morgan fingerprint density at radius 1 is 1.00 bits per heavy atom. The Bertz CT molecular complexity index is 1480. The predicted molar refractivity (Wildman–Crippen MR) is 130 cm³/mol. The number of nitrogens with zero attached hydrogens (tertiary/aromatic N) is 3. The van der Waals surface area contributed by atoms with Gasteiger partial charge < -0.3 is 9.15 Å². The summed E-state index contributed by atoms with van der Waals surface area (Å²) in [5, 5.41) is 5.54. The van der Waals surface area contributed by atoms with Gasteiger partial charge in [0.15, 0.2) is 0 Å². The Labute approximate surface area is 190 Å². The van der Waals surface area contributed by atoms with Gasteiger partial charge in [-0.2, -0.15) is 5.10 Å². The van der Waals surface area contributed by atoms with Gasteiger partial charge in [0.25, 0.3) is 0 Å². The molecule has 2 heterocycles. The number of rotatable bonds is 6. The summed E-state index contributed by atoms with van der Waals surface area (Å²) >= 11 is 0. The Hall–Kier alpha value is -4.45. The third kappa shape index (κ3) is 4.32. The molecule has 0 aliphatic heterocycles. The molecule has 2 aromatic heterocycles. The molecule has 6 nitrogen and oxygen atoms in total. The van der Waals surface area contributed by atoms with E-state index in [1.165, 1.54) is 0 Å². The van der Waals surface area contributed by atoms with Gasteiger partial charge in [0.1, 0.15) is 17.0 Å². The van der Waals surface area contributed by atoms with Crippen LogP contribution in [0.3, 0.4) is 0 Å². The van der Waals surface area contributed by atoms with Crippen LogP contribution in [-0.2, 0) is 0 Å². The van der Waals surface area contributed by atoms with Gasteiger partial charge >= 0.3 is 5.63 Å². The number of fused-ring (bicyclic) bond motifs is 1. The van der Waals surface area contributed by atoms with E-state index >= 15 is 0 Å². The van der Waals surface area contributed by atoms with Crippen molar-refractivity contribution in [2.24, 2.45) is 4.99 Å². The predicted octanol–water partition coefficient (Wildman–Crippen LogP) is 5.80. The van der Waals surface area contributed by atoms with E-state index in [1.54, 1.807) is 17.0 Å². The van der Waals surface area contributed by atoms with E-state index in [9.17, 15) is 4.79 Å². The van der Waals surface area contributed by atoms with Crippen molar-refractivity contribution in [3.8, 4) is 22.7 Å². The maximum atomic E-state index is 12.8. The van der Waals surface area contributed by atoms with Gasteiger partial charge in [0.2, 0.25) is 0 Å². The zero-order valence-electron chi connectivity index (χ0n) is 18.0. The van der Waals surface area contributed by atoms with Crippen molar-refractivity contribution in [1.29, 1.82) is 0 Å². The number of para-hydroxylation sites is 2. The molecule has 0 radical (unpaired) electrons. The van der Waals surface area contributed by atoms with Crippen LogP contribution in [0.1, 0.15) is 12.5 Å². The minimum atomic E-state index is -0.442. The molecule has 162 valence electrons. The van der Waals surface area contributed by atoms with Gasteiger partial charge in [0, 0.05) is 23.4 Å². The number of aromatic nitrogens is 2. The van der Waals surface area contributed by atoms with E-state index in [1.807, 2.05) is 92.0 Å². The van der Waals surface area contributed by atoms with Crippen LogP contribution in [0.15, 0.2) is 105 Å². The summed E-state index contributed by atoms with van der Waals surface area (Å²) in [4.78, 5) is 17.4. The monoisotopic (exact) mass is 435 g/mol. The van der Waals surface area contributed by atoms with Crippen molar-refractivity contribution >= 4 is 22.9 Å². The first-order valence-corrected chi connectivity index (χ1v) is 10.7. The molecular weight excluding hydrogens is 414 g/mol. The van der Waals surface area contributed by atoms with Crippen molar-refractivity contribution in [3.63, 3.8) is 0 Å². The van der Waals surface area contributed by atoms with E-state index in [-0.39, 0.29) is 0 Å². The zero-order chi connectivity index (χ0) is 22.6. The second-order valence-electron chi connectivity index (χ2n) is 7.38. The molecule has 6 heteroatoms. The van der Waals surface area contributed by atoms with Gasteiger partial charge in [-0.3, -0.25) is 4.99 Å². The van der Waals surface area contributed by atoms with Crippen molar-refractivity contribution in [2.45, 2.75) is 6.92 Å². The largest absolute Gasteiger partial charge is 0.494 e. The average molecular weight is 435 g/mol. The molecule has 0 fully saturated rings. The summed E-state index contributed by atoms with van der Waals surface area (Å²) in [6.07, 6.45) is 3.57. The molecule has 0 atom stereocenters. The van der Waals surface area contributed by atoms with Gasteiger partial charge in [-0.05, 0) is 55.5 Å². The van der Waals surface area contributed by atoms with Crippen LogP contribution in [0.5, 0.6) is 5.75 Å². The number of benzene rings is 3. The van der Waals surface area contributed by atoms with Crippen molar-refractivity contribution in [2.75, 3.05) is 6.61 Å². The molecule has 33 heavy (non-hydrogen) atoms. The second-order valence-corrected chi connectivity index (χ2v) is 7.38. The van der Waals surface area contributed by atoms with Crippen molar-refractivity contribution in [1.82, 2.24) is 9.78 Å². The molecule has 0 bridgehead atoms. The molecule has 0 unspecified atom stereocenters. The lowest BCUT2D eigenvalue weighted by Gasteiger charge is -2.02. The van der Waals surface area contributed by atoms with Crippen LogP contribution in [0.25, 0.3) is 27.9 Å². The minimum Gasteiger partial charge on any atom is -0.494 e. The van der Waals surface area contributed by atoms with Crippen molar-refractivity contribution < 1.29 is 9.15 Å². The number of aliphatic imine (C=N–C) groups is 1. The van der Waals surface area contributed by atoms with Gasteiger partial charge in [-0.15, -0.1) is 0 Å². The van der Waals surface area contributed by atoms with Crippen LogP contribution < -0.4 is 10.4 Å². The summed E-state index contributed by atoms with van der Waals surface area (Å²) in [6.45, 7) is 2.56. The molecule has 0 N–H and O–H groups in total. The molecule has 0 saturated heterocycles. The normalized spacial score (nSPS) is 11.3. The number of hydrogen-bond acceptors (Lipinski definition) is 5. The molecule has 5 aromatic rings. The highest BCUT2D eigenvalue weighted by Crippen LogP contribution is 2.25. The molecule has 0 spiro atoms. The Morgan fingerprint density at radius 3 is 2.55 bits per heavy atom. The van der Waals surface area contributed by atoms with Gasteiger partial charge in [-0.1, -0.05) is 36.4 Å². The fourth-order valence-corrected chi connectivity index (χ4v) is 3.57. The van der Waals surface area contributed by atoms with E-state index in [0.717, 1.165) is 22.5 Å². The maximum Gasteiger partial charge on any atom is 0.345 e. The summed E-state index contributed by atoms with van der Waals surface area (Å²) in [7, 11) is 0. The molecule has 0 saturated carbocycles. The minimum absolute atomic E-state index is 0.386. The first-order valence-electron chi connectivity index (χ1n) is 10.7. The molecule has 5 rings (SSSR count). The smallest absolute Gasteiger partial charge is 0.345 e. The van der Waals surface area contributed by atoms with Crippen LogP contribution in [0.2, 0.25) is 0 Å².